The molecule has 0 spiro atoms. The van der Waals surface area contributed by atoms with E-state index in [9.17, 15) is 5.11 Å². The summed E-state index contributed by atoms with van der Waals surface area (Å²) in [7, 11) is 4.73. The minimum Gasteiger partial charge on any atom is -0.508 e. The number of aromatic hydroxyl groups is 1. The second-order valence-electron chi connectivity index (χ2n) is 5.79. The Kier molecular flexibility index (Phi) is 4.74. The first-order valence-electron chi connectivity index (χ1n) is 8.17. The lowest BCUT2D eigenvalue weighted by Gasteiger charge is -2.13. The van der Waals surface area contributed by atoms with Gasteiger partial charge in [0.2, 0.25) is 5.75 Å². The van der Waals surface area contributed by atoms with Crippen molar-refractivity contribution >= 4 is 11.0 Å². The number of hydrogen-bond acceptors (Lipinski definition) is 5. The van der Waals surface area contributed by atoms with E-state index in [1.165, 1.54) is 0 Å². The van der Waals surface area contributed by atoms with Crippen molar-refractivity contribution in [2.75, 3.05) is 21.3 Å². The molecule has 1 aromatic heterocycles. The van der Waals surface area contributed by atoms with E-state index in [1.54, 1.807) is 27.4 Å². The first-order valence-corrected chi connectivity index (χ1v) is 8.17. The lowest BCUT2D eigenvalue weighted by Crippen LogP contribution is -1.95. The van der Waals surface area contributed by atoms with Crippen LogP contribution in [0.3, 0.4) is 0 Å². The van der Waals surface area contributed by atoms with Gasteiger partial charge in [0.15, 0.2) is 11.5 Å². The topological polar surface area (TPSA) is 61.1 Å². The van der Waals surface area contributed by atoms with Crippen LogP contribution in [0.15, 0.2) is 34.7 Å². The summed E-state index contributed by atoms with van der Waals surface area (Å²) in [4.78, 5) is 0. The Morgan fingerprint density at radius 3 is 2.16 bits per heavy atom. The summed E-state index contributed by atoms with van der Waals surface area (Å²) in [6.45, 7) is 2.08. The van der Waals surface area contributed by atoms with E-state index in [4.69, 9.17) is 18.6 Å². The lowest BCUT2D eigenvalue weighted by atomic mass is 10.1. The average Bonchev–Trinajstić information content (AvgIpc) is 3.03. The summed E-state index contributed by atoms with van der Waals surface area (Å²) in [6, 6.07) is 9.27. The van der Waals surface area contributed by atoms with Crippen molar-refractivity contribution in [3.8, 4) is 34.3 Å². The summed E-state index contributed by atoms with van der Waals surface area (Å²) < 4.78 is 22.1. The molecule has 0 saturated carbocycles. The van der Waals surface area contributed by atoms with Crippen LogP contribution in [0.5, 0.6) is 23.0 Å². The summed E-state index contributed by atoms with van der Waals surface area (Å²) in [6.07, 6.45) is 1.79. The van der Waals surface area contributed by atoms with Gasteiger partial charge in [-0.1, -0.05) is 13.3 Å². The van der Waals surface area contributed by atoms with E-state index < -0.39 is 0 Å². The highest BCUT2D eigenvalue weighted by Crippen LogP contribution is 2.42. The molecule has 1 N–H and O–H groups in total. The highest BCUT2D eigenvalue weighted by atomic mass is 16.5. The van der Waals surface area contributed by atoms with E-state index in [2.05, 4.69) is 6.92 Å². The van der Waals surface area contributed by atoms with Crippen molar-refractivity contribution in [1.82, 2.24) is 0 Å². The van der Waals surface area contributed by atoms with Gasteiger partial charge < -0.3 is 23.7 Å². The van der Waals surface area contributed by atoms with Gasteiger partial charge in [-0.2, -0.15) is 0 Å². The number of furan rings is 1. The van der Waals surface area contributed by atoms with Crippen molar-refractivity contribution < 1.29 is 23.7 Å². The van der Waals surface area contributed by atoms with E-state index in [0.717, 1.165) is 29.4 Å². The maximum Gasteiger partial charge on any atom is 0.203 e. The number of benzene rings is 2. The van der Waals surface area contributed by atoms with Gasteiger partial charge in [-0.25, -0.2) is 0 Å². The molecule has 0 saturated heterocycles. The molecule has 5 nitrogen and oxygen atoms in total. The first kappa shape index (κ1) is 17.0. The van der Waals surface area contributed by atoms with Gasteiger partial charge in [-0.15, -0.1) is 0 Å². The fourth-order valence-corrected chi connectivity index (χ4v) is 2.96. The molecule has 3 aromatic rings. The first-order chi connectivity index (χ1) is 12.1. The fraction of sp³-hybridized carbons (Fsp3) is 0.300. The lowest BCUT2D eigenvalue weighted by molar-refractivity contribution is 0.324. The Balaban J connectivity index is 2.12. The van der Waals surface area contributed by atoms with Gasteiger partial charge in [0, 0.05) is 17.0 Å². The third kappa shape index (κ3) is 3.09. The van der Waals surface area contributed by atoms with E-state index in [1.807, 2.05) is 24.3 Å². The molecule has 0 radical (unpaired) electrons. The number of rotatable bonds is 6. The second-order valence-corrected chi connectivity index (χ2v) is 5.79. The highest BCUT2D eigenvalue weighted by Gasteiger charge is 2.17. The van der Waals surface area contributed by atoms with E-state index in [0.29, 0.717) is 28.6 Å². The Morgan fingerprint density at radius 2 is 1.60 bits per heavy atom. The Morgan fingerprint density at radius 1 is 0.920 bits per heavy atom. The molecule has 3 rings (SSSR count). The molecular formula is C20H22O5. The Hall–Kier alpha value is -2.82. The molecule has 0 atom stereocenters. The maximum atomic E-state index is 10.1. The third-order valence-corrected chi connectivity index (χ3v) is 4.19. The number of aryl methyl sites for hydroxylation is 1. The zero-order valence-electron chi connectivity index (χ0n) is 14.9. The number of methoxy groups -OCH3 is 3. The van der Waals surface area contributed by atoms with Crippen LogP contribution in [0.1, 0.15) is 18.9 Å². The SMILES string of the molecule is CCCc1cc2cc(-c3cc(OC)c(OC)c(OC)c3)oc2cc1O. The van der Waals surface area contributed by atoms with Crippen LogP contribution in [-0.2, 0) is 6.42 Å². The zero-order valence-corrected chi connectivity index (χ0v) is 14.9. The minimum absolute atomic E-state index is 0.264. The summed E-state index contributed by atoms with van der Waals surface area (Å²) in [5, 5.41) is 11.1. The number of ether oxygens (including phenoxy) is 3. The van der Waals surface area contributed by atoms with Gasteiger partial charge in [-0.3, -0.25) is 0 Å². The van der Waals surface area contributed by atoms with Crippen LogP contribution in [0.25, 0.3) is 22.3 Å². The quantitative estimate of drug-likeness (QED) is 0.698. The highest BCUT2D eigenvalue weighted by molar-refractivity contribution is 5.85. The fourth-order valence-electron chi connectivity index (χ4n) is 2.96. The van der Waals surface area contributed by atoms with Crippen LogP contribution in [0, 0.1) is 0 Å². The van der Waals surface area contributed by atoms with Crippen molar-refractivity contribution in [1.29, 1.82) is 0 Å². The number of phenolic OH excluding ortho intramolecular Hbond substituents is 1. The molecule has 25 heavy (non-hydrogen) atoms. The van der Waals surface area contributed by atoms with Gasteiger partial charge in [-0.05, 0) is 36.2 Å². The summed E-state index contributed by atoms with van der Waals surface area (Å²) >= 11 is 0. The molecule has 0 amide bonds. The van der Waals surface area contributed by atoms with Crippen molar-refractivity contribution in [2.24, 2.45) is 0 Å². The van der Waals surface area contributed by atoms with Gasteiger partial charge in [0.05, 0.1) is 21.3 Å². The minimum atomic E-state index is 0.264. The third-order valence-electron chi connectivity index (χ3n) is 4.19. The van der Waals surface area contributed by atoms with Crippen LogP contribution < -0.4 is 14.2 Å². The number of hydrogen-bond donors (Lipinski definition) is 1. The molecule has 0 aliphatic carbocycles. The van der Waals surface area contributed by atoms with Crippen molar-refractivity contribution in [3.05, 3.63) is 35.9 Å². The Bertz CT molecular complexity index is 869. The predicted molar refractivity (Wildman–Crippen MR) is 97.0 cm³/mol. The molecule has 0 bridgehead atoms. The van der Waals surface area contributed by atoms with Gasteiger partial charge >= 0.3 is 0 Å². The maximum absolute atomic E-state index is 10.1. The molecule has 0 aliphatic heterocycles. The molecular weight excluding hydrogens is 320 g/mol. The monoisotopic (exact) mass is 342 g/mol. The van der Waals surface area contributed by atoms with Gasteiger partial charge in [0.25, 0.3) is 0 Å². The standard InChI is InChI=1S/C20H22O5/c1-5-6-12-7-13-8-16(25-17(13)11-15(12)21)14-9-18(22-2)20(24-4)19(10-14)23-3/h7-11,21H,5-6H2,1-4H3. The van der Waals surface area contributed by atoms with Gasteiger partial charge in [0.1, 0.15) is 17.1 Å². The normalized spacial score (nSPS) is 10.9. The van der Waals surface area contributed by atoms with Crippen molar-refractivity contribution in [2.45, 2.75) is 19.8 Å². The van der Waals surface area contributed by atoms with Crippen molar-refractivity contribution in [3.63, 3.8) is 0 Å². The molecule has 0 fully saturated rings. The average molecular weight is 342 g/mol. The van der Waals surface area contributed by atoms with Crippen LogP contribution in [-0.4, -0.2) is 26.4 Å². The van der Waals surface area contributed by atoms with E-state index >= 15 is 0 Å². The molecule has 0 unspecified atom stereocenters. The summed E-state index contributed by atoms with van der Waals surface area (Å²) in [5.74, 6) is 2.59. The summed E-state index contributed by atoms with van der Waals surface area (Å²) in [5.41, 5.74) is 2.37. The van der Waals surface area contributed by atoms with Crippen LogP contribution in [0.2, 0.25) is 0 Å². The molecule has 1 heterocycles. The second kappa shape index (κ2) is 6.97. The van der Waals surface area contributed by atoms with E-state index in [-0.39, 0.29) is 5.75 Å². The smallest absolute Gasteiger partial charge is 0.203 e. The molecule has 5 heteroatoms. The molecule has 2 aromatic carbocycles. The number of fused-ring (bicyclic) bond motifs is 1. The van der Waals surface area contributed by atoms with Crippen LogP contribution >= 0.6 is 0 Å². The van der Waals surface area contributed by atoms with Crippen LogP contribution in [0.4, 0.5) is 0 Å². The molecule has 0 aliphatic rings. The molecule has 132 valence electrons. The largest absolute Gasteiger partial charge is 0.508 e. The number of phenols is 1. The Labute approximate surface area is 146 Å². The zero-order chi connectivity index (χ0) is 18.0. The predicted octanol–water partition coefficient (Wildman–Crippen LogP) is 4.78.